The van der Waals surface area contributed by atoms with Crippen LogP contribution < -0.4 is 4.90 Å². The quantitative estimate of drug-likeness (QED) is 0.708. The van der Waals surface area contributed by atoms with Crippen LogP contribution in [0.3, 0.4) is 0 Å². The molecular weight excluding hydrogens is 190 g/mol. The van der Waals surface area contributed by atoms with Gasteiger partial charge in [-0.2, -0.15) is 0 Å². The van der Waals surface area contributed by atoms with Crippen molar-refractivity contribution in [2.45, 2.75) is 44.6 Å². The molecule has 0 spiro atoms. The molecule has 0 radical (unpaired) electrons. The lowest BCUT2D eigenvalue weighted by Gasteiger charge is -2.43. The first-order chi connectivity index (χ1) is 7.45. The summed E-state index contributed by atoms with van der Waals surface area (Å²) in [5.41, 5.74) is 0. The Morgan fingerprint density at radius 2 is 2.07 bits per heavy atom. The third kappa shape index (κ3) is 1.62. The molecule has 15 heavy (non-hydrogen) atoms. The Hall–Kier alpha value is -1.06. The highest BCUT2D eigenvalue weighted by molar-refractivity contribution is 5.36. The fourth-order valence-corrected chi connectivity index (χ4v) is 3.20. The van der Waals surface area contributed by atoms with E-state index in [1.807, 2.05) is 0 Å². The van der Waals surface area contributed by atoms with Crippen LogP contribution in [0.15, 0.2) is 10.8 Å². The van der Waals surface area contributed by atoms with Crippen LogP contribution in [-0.4, -0.2) is 22.9 Å². The summed E-state index contributed by atoms with van der Waals surface area (Å²) in [6, 6.07) is 0.694. The van der Waals surface area contributed by atoms with E-state index in [4.69, 9.17) is 4.63 Å². The SMILES string of the molecule is c1nonc1N1CCCC2CCCCC21. The van der Waals surface area contributed by atoms with Crippen LogP contribution in [0.5, 0.6) is 0 Å². The van der Waals surface area contributed by atoms with E-state index in [-0.39, 0.29) is 0 Å². The minimum atomic E-state index is 0.694. The Balaban J connectivity index is 1.82. The monoisotopic (exact) mass is 207 g/mol. The highest BCUT2D eigenvalue weighted by atomic mass is 16.6. The average molecular weight is 207 g/mol. The van der Waals surface area contributed by atoms with Crippen LogP contribution in [0, 0.1) is 5.92 Å². The lowest BCUT2D eigenvalue weighted by Crippen LogP contribution is -2.47. The van der Waals surface area contributed by atoms with Gasteiger partial charge in [-0.05, 0) is 36.8 Å². The zero-order valence-corrected chi connectivity index (χ0v) is 8.93. The van der Waals surface area contributed by atoms with Crippen molar-refractivity contribution in [1.29, 1.82) is 0 Å². The first-order valence-corrected chi connectivity index (χ1v) is 5.99. The number of nitrogens with zero attached hydrogens (tertiary/aromatic N) is 3. The van der Waals surface area contributed by atoms with Gasteiger partial charge in [0.25, 0.3) is 0 Å². The van der Waals surface area contributed by atoms with Gasteiger partial charge >= 0.3 is 0 Å². The predicted octanol–water partition coefficient (Wildman–Crippen LogP) is 2.23. The van der Waals surface area contributed by atoms with E-state index in [2.05, 4.69) is 15.2 Å². The molecule has 1 aliphatic heterocycles. The van der Waals surface area contributed by atoms with Crippen molar-refractivity contribution in [2.75, 3.05) is 11.4 Å². The molecule has 0 aromatic carbocycles. The Kier molecular flexibility index (Phi) is 2.35. The maximum Gasteiger partial charge on any atom is 0.193 e. The van der Waals surface area contributed by atoms with Crippen molar-refractivity contribution < 1.29 is 4.63 Å². The second-order valence-corrected chi connectivity index (χ2v) is 4.71. The van der Waals surface area contributed by atoms with Gasteiger partial charge < -0.3 is 4.90 Å². The summed E-state index contributed by atoms with van der Waals surface area (Å²) in [6.45, 7) is 1.12. The summed E-state index contributed by atoms with van der Waals surface area (Å²) in [5.74, 6) is 1.82. The van der Waals surface area contributed by atoms with E-state index < -0.39 is 0 Å². The molecule has 1 aromatic rings. The van der Waals surface area contributed by atoms with Gasteiger partial charge in [0.2, 0.25) is 0 Å². The Labute approximate surface area is 89.6 Å². The molecule has 1 aliphatic carbocycles. The molecular formula is C11H17N3O. The second kappa shape index (κ2) is 3.83. The predicted molar refractivity (Wildman–Crippen MR) is 56.6 cm³/mol. The van der Waals surface area contributed by atoms with E-state index in [1.165, 1.54) is 38.5 Å². The van der Waals surface area contributed by atoms with E-state index in [1.54, 1.807) is 6.20 Å². The fraction of sp³-hybridized carbons (Fsp3) is 0.818. The number of rotatable bonds is 1. The van der Waals surface area contributed by atoms with Gasteiger partial charge in [-0.3, -0.25) is 0 Å². The van der Waals surface area contributed by atoms with Crippen LogP contribution in [0.1, 0.15) is 38.5 Å². The largest absolute Gasteiger partial charge is 0.349 e. The molecule has 2 heterocycles. The molecule has 2 aliphatic rings. The van der Waals surface area contributed by atoms with Crippen LogP contribution in [-0.2, 0) is 0 Å². The first-order valence-electron chi connectivity index (χ1n) is 5.99. The van der Waals surface area contributed by atoms with Crippen LogP contribution in [0.25, 0.3) is 0 Å². The minimum absolute atomic E-state index is 0.694. The molecule has 82 valence electrons. The lowest BCUT2D eigenvalue weighted by molar-refractivity contribution is 0.239. The van der Waals surface area contributed by atoms with Crippen LogP contribution >= 0.6 is 0 Å². The molecule has 2 atom stereocenters. The zero-order chi connectivity index (χ0) is 10.1. The summed E-state index contributed by atoms with van der Waals surface area (Å²) in [7, 11) is 0. The Morgan fingerprint density at radius 3 is 2.93 bits per heavy atom. The smallest absolute Gasteiger partial charge is 0.193 e. The number of aromatic nitrogens is 2. The van der Waals surface area contributed by atoms with Crippen molar-refractivity contribution in [3.05, 3.63) is 6.20 Å². The Bertz CT molecular complexity index is 310. The molecule has 3 rings (SSSR count). The molecule has 1 saturated heterocycles. The normalized spacial score (nSPS) is 31.3. The van der Waals surface area contributed by atoms with E-state index in [9.17, 15) is 0 Å². The fourth-order valence-electron chi connectivity index (χ4n) is 3.20. The van der Waals surface area contributed by atoms with Crippen molar-refractivity contribution in [3.63, 3.8) is 0 Å². The van der Waals surface area contributed by atoms with Gasteiger partial charge in [0.15, 0.2) is 5.82 Å². The van der Waals surface area contributed by atoms with E-state index >= 15 is 0 Å². The van der Waals surface area contributed by atoms with Crippen LogP contribution in [0.4, 0.5) is 5.82 Å². The number of anilines is 1. The summed E-state index contributed by atoms with van der Waals surface area (Å²) < 4.78 is 4.71. The number of hydrogen-bond acceptors (Lipinski definition) is 4. The third-order valence-corrected chi connectivity index (χ3v) is 3.89. The summed E-state index contributed by atoms with van der Waals surface area (Å²) >= 11 is 0. The molecule has 1 aromatic heterocycles. The first kappa shape index (κ1) is 9.19. The van der Waals surface area contributed by atoms with Gasteiger partial charge in [0.05, 0.1) is 0 Å². The summed E-state index contributed by atoms with van der Waals surface area (Å²) in [4.78, 5) is 2.41. The maximum absolute atomic E-state index is 4.71. The molecule has 4 heteroatoms. The van der Waals surface area contributed by atoms with Gasteiger partial charge in [0.1, 0.15) is 6.20 Å². The highest BCUT2D eigenvalue weighted by Gasteiger charge is 2.34. The van der Waals surface area contributed by atoms with Gasteiger partial charge in [-0.1, -0.05) is 18.0 Å². The molecule has 2 fully saturated rings. The summed E-state index contributed by atoms with van der Waals surface area (Å²) in [6.07, 6.45) is 9.91. The van der Waals surface area contributed by atoms with Crippen LogP contribution in [0.2, 0.25) is 0 Å². The number of fused-ring (bicyclic) bond motifs is 1. The zero-order valence-electron chi connectivity index (χ0n) is 8.93. The molecule has 1 saturated carbocycles. The van der Waals surface area contributed by atoms with Crippen molar-refractivity contribution in [3.8, 4) is 0 Å². The van der Waals surface area contributed by atoms with E-state index in [0.29, 0.717) is 6.04 Å². The molecule has 0 bridgehead atoms. The van der Waals surface area contributed by atoms with Gasteiger partial charge in [-0.25, -0.2) is 4.63 Å². The number of piperidine rings is 1. The lowest BCUT2D eigenvalue weighted by atomic mass is 9.78. The van der Waals surface area contributed by atoms with Crippen molar-refractivity contribution in [2.24, 2.45) is 5.92 Å². The second-order valence-electron chi connectivity index (χ2n) is 4.71. The third-order valence-electron chi connectivity index (χ3n) is 3.89. The van der Waals surface area contributed by atoms with Crippen molar-refractivity contribution in [1.82, 2.24) is 10.3 Å². The number of hydrogen-bond donors (Lipinski definition) is 0. The molecule has 2 unspecified atom stereocenters. The average Bonchev–Trinajstić information content (AvgIpc) is 2.82. The standard InChI is InChI=1S/C11H17N3O/c1-2-6-10-9(4-1)5-3-7-14(10)11-8-12-15-13-11/h8-10H,1-7H2. The molecule has 0 amide bonds. The van der Waals surface area contributed by atoms with Crippen molar-refractivity contribution >= 4 is 5.82 Å². The molecule has 0 N–H and O–H groups in total. The Morgan fingerprint density at radius 1 is 1.20 bits per heavy atom. The maximum atomic E-state index is 4.71. The van der Waals surface area contributed by atoms with E-state index in [0.717, 1.165) is 18.3 Å². The minimum Gasteiger partial charge on any atom is -0.349 e. The van der Waals surface area contributed by atoms with Gasteiger partial charge in [-0.15, -0.1) is 0 Å². The highest BCUT2D eigenvalue weighted by Crippen LogP contribution is 2.36. The topological polar surface area (TPSA) is 42.2 Å². The summed E-state index contributed by atoms with van der Waals surface area (Å²) in [5, 5.41) is 7.68. The van der Waals surface area contributed by atoms with Gasteiger partial charge in [0, 0.05) is 12.6 Å². The molecule has 4 nitrogen and oxygen atoms in total.